The summed E-state index contributed by atoms with van der Waals surface area (Å²) < 4.78 is 10.1. The number of esters is 2. The smallest absolute Gasteiger partial charge is 0.309 e. The van der Waals surface area contributed by atoms with E-state index in [4.69, 9.17) is 9.47 Å². The van der Waals surface area contributed by atoms with Crippen molar-refractivity contribution < 1.29 is 29.3 Å². The van der Waals surface area contributed by atoms with Crippen LogP contribution in [0.4, 0.5) is 0 Å². The number of aliphatic hydroxyl groups is 2. The summed E-state index contributed by atoms with van der Waals surface area (Å²) in [6.07, 6.45) is 2.20. The fraction of sp³-hybridized carbons (Fsp3) is 0.867. The molecule has 122 valence electrons. The SMILES string of the molecule is CCC(C)C(=O)OCCOC(=O)C1CCCCC1C(O)O. The zero-order valence-corrected chi connectivity index (χ0v) is 12.8. The summed E-state index contributed by atoms with van der Waals surface area (Å²) in [5.74, 6) is -1.84. The minimum absolute atomic E-state index is 0.00571. The third kappa shape index (κ3) is 5.63. The van der Waals surface area contributed by atoms with Gasteiger partial charge in [-0.05, 0) is 19.3 Å². The minimum atomic E-state index is -1.49. The van der Waals surface area contributed by atoms with Crippen LogP contribution in [0.5, 0.6) is 0 Å². The van der Waals surface area contributed by atoms with Gasteiger partial charge >= 0.3 is 11.9 Å². The molecular formula is C15H26O6. The maximum atomic E-state index is 12.0. The zero-order valence-electron chi connectivity index (χ0n) is 12.8. The number of carbonyl (C=O) groups is 2. The van der Waals surface area contributed by atoms with Gasteiger partial charge in [-0.2, -0.15) is 0 Å². The molecule has 1 rings (SSSR count). The molecule has 2 N–H and O–H groups in total. The van der Waals surface area contributed by atoms with Crippen LogP contribution in [0.3, 0.4) is 0 Å². The number of ether oxygens (including phenoxy) is 2. The lowest BCUT2D eigenvalue weighted by atomic mass is 9.79. The van der Waals surface area contributed by atoms with E-state index in [2.05, 4.69) is 0 Å². The predicted octanol–water partition coefficient (Wildman–Crippen LogP) is 1.24. The zero-order chi connectivity index (χ0) is 15.8. The van der Waals surface area contributed by atoms with E-state index < -0.39 is 24.1 Å². The second kappa shape index (κ2) is 9.00. The molecule has 0 aromatic heterocycles. The average Bonchev–Trinajstić information content (AvgIpc) is 2.50. The van der Waals surface area contributed by atoms with Gasteiger partial charge < -0.3 is 19.7 Å². The summed E-state index contributed by atoms with van der Waals surface area (Å²) in [6.45, 7) is 3.72. The van der Waals surface area contributed by atoms with E-state index in [1.54, 1.807) is 6.92 Å². The first kappa shape index (κ1) is 17.9. The maximum Gasteiger partial charge on any atom is 0.309 e. The summed E-state index contributed by atoms with van der Waals surface area (Å²) in [5, 5.41) is 18.6. The van der Waals surface area contributed by atoms with Crippen LogP contribution < -0.4 is 0 Å². The van der Waals surface area contributed by atoms with Gasteiger partial charge in [0, 0.05) is 5.92 Å². The van der Waals surface area contributed by atoms with Gasteiger partial charge in [0.15, 0.2) is 6.29 Å². The number of aliphatic hydroxyl groups excluding tert-OH is 1. The molecule has 1 aliphatic rings. The highest BCUT2D eigenvalue weighted by Gasteiger charge is 2.35. The topological polar surface area (TPSA) is 93.1 Å². The first-order chi connectivity index (χ1) is 9.97. The van der Waals surface area contributed by atoms with Crippen molar-refractivity contribution >= 4 is 11.9 Å². The van der Waals surface area contributed by atoms with Crippen molar-refractivity contribution in [3.63, 3.8) is 0 Å². The molecule has 1 aliphatic carbocycles. The van der Waals surface area contributed by atoms with Gasteiger partial charge in [0.05, 0.1) is 11.8 Å². The standard InChI is InChI=1S/C15H26O6/c1-3-10(2)14(18)20-8-9-21-15(19)12-7-5-4-6-11(12)13(16)17/h10-13,16-17H,3-9H2,1-2H3. The van der Waals surface area contributed by atoms with Crippen LogP contribution in [0.15, 0.2) is 0 Å². The van der Waals surface area contributed by atoms with E-state index in [0.717, 1.165) is 12.8 Å². The van der Waals surface area contributed by atoms with Crippen LogP contribution in [0.1, 0.15) is 46.0 Å². The molecule has 21 heavy (non-hydrogen) atoms. The van der Waals surface area contributed by atoms with Crippen LogP contribution in [0, 0.1) is 17.8 Å². The Kier molecular flexibility index (Phi) is 7.67. The van der Waals surface area contributed by atoms with E-state index in [0.29, 0.717) is 19.3 Å². The fourth-order valence-electron chi connectivity index (χ4n) is 2.51. The summed E-state index contributed by atoms with van der Waals surface area (Å²) in [7, 11) is 0. The van der Waals surface area contributed by atoms with E-state index in [1.165, 1.54) is 0 Å². The second-order valence-corrected chi connectivity index (χ2v) is 5.61. The monoisotopic (exact) mass is 302 g/mol. The largest absolute Gasteiger partial charge is 0.462 e. The number of rotatable bonds is 7. The van der Waals surface area contributed by atoms with Crippen molar-refractivity contribution in [2.45, 2.75) is 52.2 Å². The third-order valence-corrected chi connectivity index (χ3v) is 4.09. The summed E-state index contributed by atoms with van der Waals surface area (Å²) >= 11 is 0. The molecule has 0 aromatic carbocycles. The van der Waals surface area contributed by atoms with Crippen molar-refractivity contribution in [1.82, 2.24) is 0 Å². The van der Waals surface area contributed by atoms with Crippen LogP contribution in [0.25, 0.3) is 0 Å². The Hall–Kier alpha value is -1.14. The molecule has 0 radical (unpaired) electrons. The number of hydrogen-bond acceptors (Lipinski definition) is 6. The van der Waals surface area contributed by atoms with Gasteiger partial charge in [0.2, 0.25) is 0 Å². The molecule has 0 amide bonds. The lowest BCUT2D eigenvalue weighted by Crippen LogP contribution is -2.36. The quantitative estimate of drug-likeness (QED) is 0.417. The summed E-state index contributed by atoms with van der Waals surface area (Å²) in [4.78, 5) is 23.4. The molecule has 6 nitrogen and oxygen atoms in total. The van der Waals surface area contributed by atoms with Crippen LogP contribution in [0.2, 0.25) is 0 Å². The highest BCUT2D eigenvalue weighted by Crippen LogP contribution is 2.32. The molecular weight excluding hydrogens is 276 g/mol. The van der Waals surface area contributed by atoms with Gasteiger partial charge in [-0.25, -0.2) is 0 Å². The Morgan fingerprint density at radius 2 is 1.76 bits per heavy atom. The number of hydrogen-bond donors (Lipinski definition) is 2. The molecule has 1 fully saturated rings. The first-order valence-corrected chi connectivity index (χ1v) is 7.66. The molecule has 0 aromatic rings. The Morgan fingerprint density at radius 1 is 1.14 bits per heavy atom. The maximum absolute atomic E-state index is 12.0. The first-order valence-electron chi connectivity index (χ1n) is 7.66. The Balaban J connectivity index is 2.31. The van der Waals surface area contributed by atoms with E-state index in [1.807, 2.05) is 6.92 Å². The van der Waals surface area contributed by atoms with Gasteiger partial charge in [-0.15, -0.1) is 0 Å². The molecule has 3 atom stereocenters. The molecule has 1 saturated carbocycles. The predicted molar refractivity (Wildman–Crippen MR) is 75.0 cm³/mol. The second-order valence-electron chi connectivity index (χ2n) is 5.61. The molecule has 0 saturated heterocycles. The summed E-state index contributed by atoms with van der Waals surface area (Å²) in [5.41, 5.74) is 0. The van der Waals surface area contributed by atoms with Crippen LogP contribution in [-0.2, 0) is 19.1 Å². The van der Waals surface area contributed by atoms with Gasteiger partial charge in [0.25, 0.3) is 0 Å². The Labute approximate surface area is 125 Å². The van der Waals surface area contributed by atoms with E-state index in [-0.39, 0.29) is 25.1 Å². The van der Waals surface area contributed by atoms with Crippen molar-refractivity contribution in [2.75, 3.05) is 13.2 Å². The highest BCUT2D eigenvalue weighted by molar-refractivity contribution is 5.73. The third-order valence-electron chi connectivity index (χ3n) is 4.09. The van der Waals surface area contributed by atoms with Gasteiger partial charge in [0.1, 0.15) is 13.2 Å². The molecule has 0 spiro atoms. The minimum Gasteiger partial charge on any atom is -0.462 e. The van der Waals surface area contributed by atoms with Crippen molar-refractivity contribution in [3.05, 3.63) is 0 Å². The fourth-order valence-corrected chi connectivity index (χ4v) is 2.51. The normalized spacial score (nSPS) is 23.7. The van der Waals surface area contributed by atoms with Crippen LogP contribution >= 0.6 is 0 Å². The lowest BCUT2D eigenvalue weighted by Gasteiger charge is -2.30. The number of carbonyl (C=O) groups excluding carboxylic acids is 2. The average molecular weight is 302 g/mol. The van der Waals surface area contributed by atoms with Crippen molar-refractivity contribution in [2.24, 2.45) is 17.8 Å². The Bertz CT molecular complexity index is 341. The van der Waals surface area contributed by atoms with Gasteiger partial charge in [-0.1, -0.05) is 26.7 Å². The van der Waals surface area contributed by atoms with Gasteiger partial charge in [-0.3, -0.25) is 9.59 Å². The van der Waals surface area contributed by atoms with E-state index in [9.17, 15) is 19.8 Å². The lowest BCUT2D eigenvalue weighted by molar-refractivity contribution is -0.167. The molecule has 0 heterocycles. The highest BCUT2D eigenvalue weighted by atomic mass is 16.6. The molecule has 0 aliphatic heterocycles. The van der Waals surface area contributed by atoms with E-state index >= 15 is 0 Å². The Morgan fingerprint density at radius 3 is 2.38 bits per heavy atom. The van der Waals surface area contributed by atoms with Crippen LogP contribution in [-0.4, -0.2) is 41.7 Å². The summed E-state index contributed by atoms with van der Waals surface area (Å²) in [6, 6.07) is 0. The van der Waals surface area contributed by atoms with Crippen molar-refractivity contribution in [1.29, 1.82) is 0 Å². The van der Waals surface area contributed by atoms with Crippen molar-refractivity contribution in [3.8, 4) is 0 Å². The molecule has 0 bridgehead atoms. The molecule has 3 unspecified atom stereocenters. The molecule has 6 heteroatoms.